The molecule has 0 bridgehead atoms. The fourth-order valence-electron chi connectivity index (χ4n) is 2.06. The van der Waals surface area contributed by atoms with E-state index in [0.29, 0.717) is 5.92 Å². The van der Waals surface area contributed by atoms with Gasteiger partial charge in [-0.3, -0.25) is 0 Å². The standard InChI is InChI=1S/C15H18BrN3OS/c1-15(2,3)21(20)17-7-12-9-19-8-11(10-4-5-10)6-13(16)14(19)18-12/h6-10H,4-5H2,1-3H3. The van der Waals surface area contributed by atoms with Crippen LogP contribution in [0.25, 0.3) is 5.65 Å². The average Bonchev–Trinajstić information content (AvgIpc) is 3.15. The molecule has 0 radical (unpaired) electrons. The van der Waals surface area contributed by atoms with Crippen molar-refractivity contribution in [3.8, 4) is 0 Å². The van der Waals surface area contributed by atoms with E-state index in [2.05, 4.69) is 37.6 Å². The van der Waals surface area contributed by atoms with Gasteiger partial charge in [-0.1, -0.05) is 0 Å². The zero-order chi connectivity index (χ0) is 15.2. The Kier molecular flexibility index (Phi) is 3.78. The lowest BCUT2D eigenvalue weighted by molar-refractivity contribution is 0.651. The molecule has 3 rings (SSSR count). The summed E-state index contributed by atoms with van der Waals surface area (Å²) in [4.78, 5) is 4.52. The van der Waals surface area contributed by atoms with Gasteiger partial charge < -0.3 is 4.40 Å². The highest BCUT2D eigenvalue weighted by Gasteiger charge is 2.24. The molecular formula is C15H18BrN3OS. The second-order valence-corrected chi connectivity index (χ2v) is 9.18. The van der Waals surface area contributed by atoms with Crippen LogP contribution < -0.4 is 0 Å². The minimum absolute atomic E-state index is 0.352. The van der Waals surface area contributed by atoms with Gasteiger partial charge in [0.15, 0.2) is 5.65 Å². The molecule has 1 aliphatic rings. The summed E-state index contributed by atoms with van der Waals surface area (Å²) in [5, 5.41) is 0. The summed E-state index contributed by atoms with van der Waals surface area (Å²) in [7, 11) is -1.26. The first-order chi connectivity index (χ1) is 9.84. The van der Waals surface area contributed by atoms with Crippen LogP contribution in [-0.2, 0) is 11.0 Å². The Balaban J connectivity index is 1.92. The maximum atomic E-state index is 11.9. The molecule has 4 nitrogen and oxygen atoms in total. The number of pyridine rings is 1. The Morgan fingerprint density at radius 1 is 1.43 bits per heavy atom. The highest BCUT2D eigenvalue weighted by Crippen LogP contribution is 2.41. The third-order valence-corrected chi connectivity index (χ3v) is 5.33. The second kappa shape index (κ2) is 5.32. The van der Waals surface area contributed by atoms with Crippen LogP contribution in [0.5, 0.6) is 0 Å². The molecule has 0 spiro atoms. The maximum Gasteiger partial charge on any atom is 0.151 e. The molecule has 1 atom stereocenters. The van der Waals surface area contributed by atoms with Crippen LogP contribution in [0, 0.1) is 0 Å². The number of aromatic nitrogens is 2. The largest absolute Gasteiger partial charge is 0.305 e. The van der Waals surface area contributed by atoms with E-state index in [1.54, 1.807) is 6.21 Å². The lowest BCUT2D eigenvalue weighted by atomic mass is 10.2. The third-order valence-electron chi connectivity index (χ3n) is 3.40. The summed E-state index contributed by atoms with van der Waals surface area (Å²) in [6.45, 7) is 5.72. The first-order valence-corrected chi connectivity index (χ1v) is 8.89. The lowest BCUT2D eigenvalue weighted by Gasteiger charge is -2.12. The Labute approximate surface area is 135 Å². The highest BCUT2D eigenvalue weighted by atomic mass is 79.9. The summed E-state index contributed by atoms with van der Waals surface area (Å²) in [5.41, 5.74) is 2.93. The van der Waals surface area contributed by atoms with Gasteiger partial charge in [0.1, 0.15) is 16.7 Å². The van der Waals surface area contributed by atoms with Crippen molar-refractivity contribution in [1.29, 1.82) is 0 Å². The van der Waals surface area contributed by atoms with E-state index in [0.717, 1.165) is 15.8 Å². The fourth-order valence-corrected chi connectivity index (χ4v) is 3.14. The van der Waals surface area contributed by atoms with Crippen molar-refractivity contribution in [3.63, 3.8) is 0 Å². The van der Waals surface area contributed by atoms with E-state index in [4.69, 9.17) is 0 Å². The van der Waals surface area contributed by atoms with Crippen LogP contribution in [0.15, 0.2) is 27.3 Å². The third kappa shape index (κ3) is 3.26. The van der Waals surface area contributed by atoms with Crippen LogP contribution in [0.3, 0.4) is 0 Å². The monoisotopic (exact) mass is 367 g/mol. The van der Waals surface area contributed by atoms with Crippen molar-refractivity contribution in [2.45, 2.75) is 44.3 Å². The first kappa shape index (κ1) is 14.9. The van der Waals surface area contributed by atoms with Gasteiger partial charge in [-0.05, 0) is 67.1 Å². The van der Waals surface area contributed by atoms with Gasteiger partial charge in [-0.2, -0.15) is 4.40 Å². The molecular weight excluding hydrogens is 350 g/mol. The summed E-state index contributed by atoms with van der Waals surface area (Å²) in [5.74, 6) is 0.693. The van der Waals surface area contributed by atoms with Crippen molar-refractivity contribution in [2.24, 2.45) is 4.40 Å². The number of imidazole rings is 1. The Morgan fingerprint density at radius 2 is 2.14 bits per heavy atom. The quantitative estimate of drug-likeness (QED) is 0.773. The van der Waals surface area contributed by atoms with E-state index in [9.17, 15) is 4.21 Å². The number of fused-ring (bicyclic) bond motifs is 1. The fraction of sp³-hybridized carbons (Fsp3) is 0.467. The molecule has 0 aromatic carbocycles. The Bertz CT molecular complexity index is 741. The van der Waals surface area contributed by atoms with Crippen molar-refractivity contribution in [2.75, 3.05) is 0 Å². The minimum Gasteiger partial charge on any atom is -0.305 e. The smallest absolute Gasteiger partial charge is 0.151 e. The Hall–Kier alpha value is -1.01. The van der Waals surface area contributed by atoms with E-state index >= 15 is 0 Å². The van der Waals surface area contributed by atoms with Crippen molar-refractivity contribution >= 4 is 38.8 Å². The van der Waals surface area contributed by atoms with Gasteiger partial charge in [0.25, 0.3) is 0 Å². The number of halogens is 1. The maximum absolute atomic E-state index is 11.9. The van der Waals surface area contributed by atoms with Crippen LogP contribution in [0.4, 0.5) is 0 Å². The number of hydrogen-bond acceptors (Lipinski definition) is 2. The molecule has 6 heteroatoms. The van der Waals surface area contributed by atoms with E-state index in [1.165, 1.54) is 18.4 Å². The molecule has 0 aliphatic heterocycles. The first-order valence-electron chi connectivity index (χ1n) is 6.99. The molecule has 112 valence electrons. The number of rotatable bonds is 3. The molecule has 1 unspecified atom stereocenters. The molecule has 2 aromatic heterocycles. The van der Waals surface area contributed by atoms with Crippen LogP contribution in [-0.4, -0.2) is 24.6 Å². The summed E-state index contributed by atoms with van der Waals surface area (Å²) in [6.07, 6.45) is 8.19. The van der Waals surface area contributed by atoms with E-state index in [-0.39, 0.29) is 4.75 Å². The van der Waals surface area contributed by atoms with Gasteiger partial charge in [0.05, 0.1) is 15.4 Å². The molecule has 0 saturated heterocycles. The lowest BCUT2D eigenvalue weighted by Crippen LogP contribution is -2.19. The summed E-state index contributed by atoms with van der Waals surface area (Å²) in [6, 6.07) is 2.15. The van der Waals surface area contributed by atoms with Gasteiger partial charge in [-0.15, -0.1) is 0 Å². The molecule has 1 aliphatic carbocycles. The van der Waals surface area contributed by atoms with Crippen LogP contribution in [0.1, 0.15) is 50.8 Å². The predicted octanol–water partition coefficient (Wildman–Crippen LogP) is 3.86. The van der Waals surface area contributed by atoms with Crippen molar-refractivity contribution in [1.82, 2.24) is 9.38 Å². The minimum atomic E-state index is -1.26. The topological polar surface area (TPSA) is 46.7 Å². The van der Waals surface area contributed by atoms with Crippen LogP contribution in [0.2, 0.25) is 0 Å². The average molecular weight is 368 g/mol. The van der Waals surface area contributed by atoms with Crippen molar-refractivity contribution < 1.29 is 4.21 Å². The highest BCUT2D eigenvalue weighted by molar-refractivity contribution is 9.10. The van der Waals surface area contributed by atoms with Gasteiger partial charge in [-0.25, -0.2) is 9.19 Å². The summed E-state index contributed by atoms with van der Waals surface area (Å²) >= 11 is 3.58. The predicted molar refractivity (Wildman–Crippen MR) is 90.4 cm³/mol. The molecule has 0 amide bonds. The number of hydrogen-bond donors (Lipinski definition) is 0. The van der Waals surface area contributed by atoms with E-state index < -0.39 is 11.0 Å². The molecule has 1 saturated carbocycles. The molecule has 2 heterocycles. The molecule has 1 fully saturated rings. The normalized spacial score (nSPS) is 17.7. The SMILES string of the molecule is CC(C)(C)S(=O)N=Cc1cn2cc(C3CC3)cc(Br)c2n1. The molecule has 0 N–H and O–H groups in total. The van der Waals surface area contributed by atoms with Gasteiger partial charge in [0.2, 0.25) is 0 Å². The number of nitrogens with zero attached hydrogens (tertiary/aromatic N) is 3. The zero-order valence-electron chi connectivity index (χ0n) is 12.3. The second-order valence-electron chi connectivity index (χ2n) is 6.39. The van der Waals surface area contributed by atoms with Crippen LogP contribution >= 0.6 is 15.9 Å². The van der Waals surface area contributed by atoms with Gasteiger partial charge in [0, 0.05) is 12.4 Å². The summed E-state index contributed by atoms with van der Waals surface area (Å²) < 4.78 is 18.7. The van der Waals surface area contributed by atoms with E-state index in [1.807, 2.05) is 31.4 Å². The molecule has 21 heavy (non-hydrogen) atoms. The van der Waals surface area contributed by atoms with Crippen molar-refractivity contribution in [3.05, 3.63) is 34.2 Å². The zero-order valence-corrected chi connectivity index (χ0v) is 14.7. The molecule has 2 aromatic rings. The Morgan fingerprint density at radius 3 is 2.76 bits per heavy atom. The van der Waals surface area contributed by atoms with Gasteiger partial charge >= 0.3 is 0 Å².